The molecule has 0 spiro atoms. The zero-order valence-corrected chi connectivity index (χ0v) is 12.3. The van der Waals surface area contributed by atoms with Crippen LogP contribution in [0.25, 0.3) is 11.0 Å². The summed E-state index contributed by atoms with van der Waals surface area (Å²) >= 11 is 9.14. The van der Waals surface area contributed by atoms with Crippen LogP contribution in [0.15, 0.2) is 10.9 Å². The molecule has 0 aliphatic carbocycles. The van der Waals surface area contributed by atoms with Crippen molar-refractivity contribution in [3.63, 3.8) is 0 Å². The molecule has 0 amide bonds. The fraction of sp³-hybridized carbons (Fsp3) is 0.400. The second-order valence-corrected chi connectivity index (χ2v) is 5.66. The Bertz CT molecular complexity index is 620. The van der Waals surface area contributed by atoms with Crippen LogP contribution in [0.2, 0.25) is 5.15 Å². The number of ether oxygens (including phenoxy) is 1. The Morgan fingerprint density at radius 2 is 2.11 bits per heavy atom. The van der Waals surface area contributed by atoms with Crippen LogP contribution >= 0.6 is 27.5 Å². The molecule has 96 valence electrons. The van der Waals surface area contributed by atoms with Gasteiger partial charge in [0.1, 0.15) is 21.7 Å². The number of hydrogen-bond donors (Lipinski definition) is 0. The molecule has 0 N–H and O–H groups in total. The molecule has 0 aliphatic heterocycles. The van der Waals surface area contributed by atoms with E-state index in [-0.39, 0.29) is 5.15 Å². The van der Waals surface area contributed by atoms with E-state index >= 15 is 0 Å². The third-order valence-electron chi connectivity index (χ3n) is 1.94. The van der Waals surface area contributed by atoms with Gasteiger partial charge in [0.2, 0.25) is 0 Å². The summed E-state index contributed by atoms with van der Waals surface area (Å²) in [6.07, 6.45) is 0.646. The van der Waals surface area contributed by atoms with E-state index in [2.05, 4.69) is 31.0 Å². The number of rotatable bonds is 0. The average molecular weight is 334 g/mol. The van der Waals surface area contributed by atoms with Crippen molar-refractivity contribution in [3.8, 4) is 0 Å². The van der Waals surface area contributed by atoms with Crippen molar-refractivity contribution >= 4 is 44.7 Å². The van der Waals surface area contributed by atoms with E-state index in [1.165, 1.54) is 6.33 Å². The molecule has 0 aromatic carbocycles. The van der Waals surface area contributed by atoms with Crippen LogP contribution < -0.4 is 0 Å². The number of aromatic nitrogens is 4. The molecular weight excluding hydrogens is 323 g/mol. The Labute approximate surface area is 116 Å². The summed E-state index contributed by atoms with van der Waals surface area (Å²) in [7, 11) is 0. The molecule has 6 nitrogen and oxygen atoms in total. The number of hydrogen-bond acceptors (Lipinski definition) is 5. The van der Waals surface area contributed by atoms with Gasteiger partial charge in [-0.3, -0.25) is 0 Å². The van der Waals surface area contributed by atoms with E-state index in [0.717, 1.165) is 4.68 Å². The van der Waals surface area contributed by atoms with Crippen LogP contribution in [0, 0.1) is 0 Å². The van der Waals surface area contributed by atoms with Gasteiger partial charge in [-0.1, -0.05) is 11.6 Å². The zero-order chi connectivity index (χ0) is 13.5. The van der Waals surface area contributed by atoms with Crippen molar-refractivity contribution in [2.24, 2.45) is 0 Å². The lowest BCUT2D eigenvalue weighted by atomic mass is 10.2. The maximum absolute atomic E-state index is 12.0. The highest BCUT2D eigenvalue weighted by molar-refractivity contribution is 9.10. The molecule has 0 fully saturated rings. The third kappa shape index (κ3) is 2.46. The fourth-order valence-electron chi connectivity index (χ4n) is 1.31. The molecule has 2 aromatic heterocycles. The topological polar surface area (TPSA) is 69.9 Å². The highest BCUT2D eigenvalue weighted by atomic mass is 79.9. The summed E-state index contributed by atoms with van der Waals surface area (Å²) in [5, 5.41) is 4.71. The summed E-state index contributed by atoms with van der Waals surface area (Å²) in [5.41, 5.74) is -0.310. The van der Waals surface area contributed by atoms with Crippen LogP contribution in [0.4, 0.5) is 4.79 Å². The Kier molecular flexibility index (Phi) is 3.29. The molecule has 0 unspecified atom stereocenters. The van der Waals surface area contributed by atoms with Crippen LogP contribution in [0.3, 0.4) is 0 Å². The predicted octanol–water partition coefficient (Wildman–Crippen LogP) is 3.03. The van der Waals surface area contributed by atoms with E-state index in [0.29, 0.717) is 15.6 Å². The van der Waals surface area contributed by atoms with Crippen LogP contribution in [0.1, 0.15) is 20.8 Å². The predicted molar refractivity (Wildman–Crippen MR) is 69.7 cm³/mol. The lowest BCUT2D eigenvalue weighted by Crippen LogP contribution is -2.27. The van der Waals surface area contributed by atoms with Crippen molar-refractivity contribution < 1.29 is 9.53 Å². The molecule has 0 atom stereocenters. The van der Waals surface area contributed by atoms with E-state index < -0.39 is 11.7 Å². The minimum atomic E-state index is -0.618. The summed E-state index contributed by atoms with van der Waals surface area (Å²) < 4.78 is 6.67. The number of halogens is 2. The lowest BCUT2D eigenvalue weighted by molar-refractivity contribution is 0.0521. The molecule has 0 aliphatic rings. The maximum atomic E-state index is 12.0. The Balaban J connectivity index is 2.53. The molecular formula is C10H10BrClN4O2. The fourth-order valence-corrected chi connectivity index (χ4v) is 2.17. The summed E-state index contributed by atoms with van der Waals surface area (Å²) in [6.45, 7) is 5.31. The van der Waals surface area contributed by atoms with Gasteiger partial charge in [-0.15, -0.1) is 4.68 Å². The molecule has 0 saturated carbocycles. The van der Waals surface area contributed by atoms with Gasteiger partial charge in [-0.2, -0.15) is 5.10 Å². The average Bonchev–Trinajstić information content (AvgIpc) is 2.55. The first-order valence-corrected chi connectivity index (χ1v) is 6.25. The summed E-state index contributed by atoms with van der Waals surface area (Å²) in [5.74, 6) is 0. The number of carbonyl (C=O) groups excluding carboxylic acids is 1. The van der Waals surface area contributed by atoms with Gasteiger partial charge in [0.15, 0.2) is 5.65 Å². The van der Waals surface area contributed by atoms with Crippen LogP contribution in [-0.2, 0) is 4.74 Å². The van der Waals surface area contributed by atoms with Gasteiger partial charge in [-0.25, -0.2) is 14.8 Å². The van der Waals surface area contributed by atoms with Crippen molar-refractivity contribution in [1.82, 2.24) is 19.7 Å². The standard InChI is InChI=1S/C10H10BrClN4O2/c1-10(2,3)18-9(17)16-8-5(6(11)15-16)7(12)13-4-14-8/h4H,1-3H3. The normalized spacial score (nSPS) is 11.8. The second-order valence-electron chi connectivity index (χ2n) is 4.55. The van der Waals surface area contributed by atoms with Gasteiger partial charge in [-0.05, 0) is 36.7 Å². The molecule has 8 heteroatoms. The first-order valence-electron chi connectivity index (χ1n) is 5.07. The van der Waals surface area contributed by atoms with Gasteiger partial charge < -0.3 is 4.74 Å². The number of fused-ring (bicyclic) bond motifs is 1. The first kappa shape index (κ1) is 13.2. The highest BCUT2D eigenvalue weighted by Gasteiger charge is 2.23. The summed E-state index contributed by atoms with van der Waals surface area (Å²) in [6, 6.07) is 0. The van der Waals surface area contributed by atoms with E-state index in [4.69, 9.17) is 16.3 Å². The van der Waals surface area contributed by atoms with E-state index in [9.17, 15) is 4.79 Å². The molecule has 0 saturated heterocycles. The second kappa shape index (κ2) is 4.47. The molecule has 2 rings (SSSR count). The number of carbonyl (C=O) groups is 1. The van der Waals surface area contributed by atoms with Crippen molar-refractivity contribution in [1.29, 1.82) is 0 Å². The van der Waals surface area contributed by atoms with E-state index in [1.807, 2.05) is 0 Å². The van der Waals surface area contributed by atoms with Gasteiger partial charge in [0.25, 0.3) is 0 Å². The van der Waals surface area contributed by atoms with Crippen LogP contribution in [0.5, 0.6) is 0 Å². The zero-order valence-electron chi connectivity index (χ0n) is 9.94. The molecule has 18 heavy (non-hydrogen) atoms. The number of nitrogens with zero attached hydrogens (tertiary/aromatic N) is 4. The highest BCUT2D eigenvalue weighted by Crippen LogP contribution is 2.27. The molecule has 2 heterocycles. The van der Waals surface area contributed by atoms with Gasteiger partial charge >= 0.3 is 6.09 Å². The Morgan fingerprint density at radius 1 is 1.44 bits per heavy atom. The molecule has 0 radical (unpaired) electrons. The summed E-state index contributed by atoms with van der Waals surface area (Å²) in [4.78, 5) is 19.8. The van der Waals surface area contributed by atoms with Crippen LogP contribution in [-0.4, -0.2) is 31.4 Å². The first-order chi connectivity index (χ1) is 8.29. The monoisotopic (exact) mass is 332 g/mol. The quantitative estimate of drug-likeness (QED) is 0.693. The smallest absolute Gasteiger partial charge is 0.437 e. The minimum absolute atomic E-state index is 0.224. The largest absolute Gasteiger partial charge is 0.442 e. The van der Waals surface area contributed by atoms with Crippen molar-refractivity contribution in [2.75, 3.05) is 0 Å². The van der Waals surface area contributed by atoms with Gasteiger partial charge in [0.05, 0.1) is 5.39 Å². The van der Waals surface area contributed by atoms with E-state index in [1.54, 1.807) is 20.8 Å². The van der Waals surface area contributed by atoms with Crippen molar-refractivity contribution in [3.05, 3.63) is 16.1 Å². The Morgan fingerprint density at radius 3 is 2.72 bits per heavy atom. The molecule has 0 bridgehead atoms. The van der Waals surface area contributed by atoms with Crippen molar-refractivity contribution in [2.45, 2.75) is 26.4 Å². The minimum Gasteiger partial charge on any atom is -0.442 e. The third-order valence-corrected chi connectivity index (χ3v) is 2.78. The van der Waals surface area contributed by atoms with Gasteiger partial charge in [0, 0.05) is 0 Å². The Hall–Kier alpha value is -1.21. The molecule has 2 aromatic rings. The maximum Gasteiger partial charge on any atom is 0.437 e. The SMILES string of the molecule is CC(C)(C)OC(=O)n1nc(Br)c2c(Cl)ncnc21. The lowest BCUT2D eigenvalue weighted by Gasteiger charge is -2.18.